The standard InChI is InChI=1S/C16H30N4O/c1-5-20-14(9-13(3)19-20)10-15(18-17)16(21-4)8-6-7-12(2)11-16/h9,12,15,18H,5-8,10-11,17H2,1-4H3. The molecule has 1 heterocycles. The van der Waals surface area contributed by atoms with Crippen LogP contribution in [0.15, 0.2) is 6.07 Å². The molecule has 0 amide bonds. The van der Waals surface area contributed by atoms with Gasteiger partial charge in [0.2, 0.25) is 0 Å². The summed E-state index contributed by atoms with van der Waals surface area (Å²) < 4.78 is 8.05. The van der Waals surface area contributed by atoms with Gasteiger partial charge in [0.05, 0.1) is 17.3 Å². The number of aryl methyl sites for hydroxylation is 2. The van der Waals surface area contributed by atoms with E-state index in [2.05, 4.69) is 35.1 Å². The van der Waals surface area contributed by atoms with Crippen LogP contribution in [0.5, 0.6) is 0 Å². The highest BCUT2D eigenvalue weighted by atomic mass is 16.5. The maximum atomic E-state index is 5.98. The van der Waals surface area contributed by atoms with Crippen LogP contribution in [0.3, 0.4) is 0 Å². The molecule has 1 saturated carbocycles. The van der Waals surface area contributed by atoms with Crippen LogP contribution in [0.25, 0.3) is 0 Å². The number of hydrazine groups is 1. The molecule has 1 aromatic rings. The van der Waals surface area contributed by atoms with Crippen LogP contribution in [0.2, 0.25) is 0 Å². The third kappa shape index (κ3) is 3.47. The Kier molecular flexibility index (Phi) is 5.41. The van der Waals surface area contributed by atoms with Gasteiger partial charge in [-0.25, -0.2) is 0 Å². The topological polar surface area (TPSA) is 65.1 Å². The lowest BCUT2D eigenvalue weighted by molar-refractivity contribution is -0.0794. The summed E-state index contributed by atoms with van der Waals surface area (Å²) in [5.74, 6) is 6.58. The maximum Gasteiger partial charge on any atom is 0.0850 e. The monoisotopic (exact) mass is 294 g/mol. The van der Waals surface area contributed by atoms with E-state index < -0.39 is 0 Å². The van der Waals surface area contributed by atoms with Crippen molar-refractivity contribution in [2.75, 3.05) is 7.11 Å². The van der Waals surface area contributed by atoms with Gasteiger partial charge in [-0.1, -0.05) is 19.8 Å². The van der Waals surface area contributed by atoms with E-state index in [1.165, 1.54) is 18.5 Å². The molecule has 1 fully saturated rings. The molecular formula is C16H30N4O. The van der Waals surface area contributed by atoms with E-state index >= 15 is 0 Å². The number of nitrogens with two attached hydrogens (primary N) is 1. The molecule has 0 aliphatic heterocycles. The minimum Gasteiger partial charge on any atom is -0.377 e. The van der Waals surface area contributed by atoms with Gasteiger partial charge in [0.1, 0.15) is 0 Å². The second-order valence-corrected chi connectivity index (χ2v) is 6.49. The summed E-state index contributed by atoms with van der Waals surface area (Å²) in [6.07, 6.45) is 5.49. The Morgan fingerprint density at radius 1 is 1.62 bits per heavy atom. The third-order valence-corrected chi connectivity index (χ3v) is 4.93. The Bertz CT molecular complexity index is 459. The van der Waals surface area contributed by atoms with E-state index in [4.69, 9.17) is 10.6 Å². The summed E-state index contributed by atoms with van der Waals surface area (Å²) >= 11 is 0. The number of ether oxygens (including phenoxy) is 1. The Morgan fingerprint density at radius 2 is 2.38 bits per heavy atom. The summed E-state index contributed by atoms with van der Waals surface area (Å²) in [6, 6.07) is 2.27. The fraction of sp³-hybridized carbons (Fsp3) is 0.812. The second kappa shape index (κ2) is 6.90. The first-order valence-electron chi connectivity index (χ1n) is 8.09. The van der Waals surface area contributed by atoms with E-state index in [0.29, 0.717) is 5.92 Å². The van der Waals surface area contributed by atoms with Crippen molar-refractivity contribution < 1.29 is 4.74 Å². The van der Waals surface area contributed by atoms with Crippen LogP contribution in [0.1, 0.15) is 50.9 Å². The van der Waals surface area contributed by atoms with Gasteiger partial charge in [0.25, 0.3) is 0 Å². The van der Waals surface area contributed by atoms with Crippen molar-refractivity contribution in [2.45, 2.75) is 71.1 Å². The summed E-state index contributed by atoms with van der Waals surface area (Å²) in [6.45, 7) is 7.35. The SMILES string of the molecule is CCn1nc(C)cc1CC(NN)C1(OC)CCCC(C)C1. The highest BCUT2D eigenvalue weighted by Crippen LogP contribution is 2.38. The van der Waals surface area contributed by atoms with Gasteiger partial charge < -0.3 is 4.74 Å². The minimum atomic E-state index is -0.164. The fourth-order valence-electron chi connectivity index (χ4n) is 3.83. The van der Waals surface area contributed by atoms with Crippen molar-refractivity contribution >= 4 is 0 Å². The van der Waals surface area contributed by atoms with Crippen LogP contribution in [-0.4, -0.2) is 28.5 Å². The normalized spacial score (nSPS) is 27.8. The van der Waals surface area contributed by atoms with Gasteiger partial charge in [-0.2, -0.15) is 5.10 Å². The zero-order valence-electron chi connectivity index (χ0n) is 13.9. The van der Waals surface area contributed by atoms with E-state index in [9.17, 15) is 0 Å². The number of nitrogens with one attached hydrogen (secondary N) is 1. The molecule has 2 rings (SSSR count). The number of rotatable bonds is 6. The number of aromatic nitrogens is 2. The molecule has 3 atom stereocenters. The smallest absolute Gasteiger partial charge is 0.0850 e. The van der Waals surface area contributed by atoms with Gasteiger partial charge in [-0.15, -0.1) is 0 Å². The largest absolute Gasteiger partial charge is 0.377 e. The highest BCUT2D eigenvalue weighted by molar-refractivity contribution is 5.13. The van der Waals surface area contributed by atoms with E-state index in [0.717, 1.165) is 31.5 Å². The van der Waals surface area contributed by atoms with Crippen LogP contribution < -0.4 is 11.3 Å². The van der Waals surface area contributed by atoms with Crippen LogP contribution in [0, 0.1) is 12.8 Å². The zero-order chi connectivity index (χ0) is 15.5. The quantitative estimate of drug-likeness (QED) is 0.623. The van der Waals surface area contributed by atoms with Crippen molar-refractivity contribution in [1.82, 2.24) is 15.2 Å². The first-order chi connectivity index (χ1) is 10.0. The second-order valence-electron chi connectivity index (χ2n) is 6.49. The van der Waals surface area contributed by atoms with Crippen molar-refractivity contribution in [3.05, 3.63) is 17.5 Å². The summed E-state index contributed by atoms with van der Waals surface area (Å²) in [5, 5.41) is 4.53. The van der Waals surface area contributed by atoms with Crippen LogP contribution in [0.4, 0.5) is 0 Å². The lowest BCUT2D eigenvalue weighted by Crippen LogP contribution is -2.57. The van der Waals surface area contributed by atoms with Gasteiger partial charge in [0, 0.05) is 25.8 Å². The number of nitrogens with zero attached hydrogens (tertiary/aromatic N) is 2. The molecule has 3 N–H and O–H groups in total. The molecule has 5 nitrogen and oxygen atoms in total. The highest BCUT2D eigenvalue weighted by Gasteiger charge is 2.42. The lowest BCUT2D eigenvalue weighted by atomic mass is 9.73. The molecule has 21 heavy (non-hydrogen) atoms. The first-order valence-corrected chi connectivity index (χ1v) is 8.09. The lowest BCUT2D eigenvalue weighted by Gasteiger charge is -2.44. The Morgan fingerprint density at radius 3 is 2.95 bits per heavy atom. The average molecular weight is 294 g/mol. The Labute approximate surface area is 128 Å². The van der Waals surface area contributed by atoms with Crippen LogP contribution in [-0.2, 0) is 17.7 Å². The molecule has 3 unspecified atom stereocenters. The van der Waals surface area contributed by atoms with E-state index in [-0.39, 0.29) is 11.6 Å². The Balaban J connectivity index is 2.21. The zero-order valence-corrected chi connectivity index (χ0v) is 13.9. The van der Waals surface area contributed by atoms with Gasteiger partial charge in [0.15, 0.2) is 0 Å². The van der Waals surface area contributed by atoms with Gasteiger partial charge >= 0.3 is 0 Å². The molecule has 1 aliphatic carbocycles. The number of methoxy groups -OCH3 is 1. The Hall–Kier alpha value is -0.910. The first kappa shape index (κ1) is 16.5. The van der Waals surface area contributed by atoms with Crippen molar-refractivity contribution in [3.8, 4) is 0 Å². The molecule has 1 aromatic heterocycles. The maximum absolute atomic E-state index is 5.98. The number of hydrogen-bond donors (Lipinski definition) is 2. The summed E-state index contributed by atoms with van der Waals surface area (Å²) in [7, 11) is 1.82. The predicted molar refractivity (Wildman–Crippen MR) is 84.8 cm³/mol. The predicted octanol–water partition coefficient (Wildman–Crippen LogP) is 2.18. The molecule has 0 radical (unpaired) electrons. The molecule has 0 saturated heterocycles. The van der Waals surface area contributed by atoms with Crippen LogP contribution >= 0.6 is 0 Å². The summed E-state index contributed by atoms with van der Waals surface area (Å²) in [5.41, 5.74) is 5.15. The van der Waals surface area contributed by atoms with E-state index in [1.54, 1.807) is 0 Å². The molecule has 120 valence electrons. The van der Waals surface area contributed by atoms with Gasteiger partial charge in [-0.3, -0.25) is 16.0 Å². The number of hydrogen-bond acceptors (Lipinski definition) is 4. The average Bonchev–Trinajstić information content (AvgIpc) is 2.84. The molecule has 0 bridgehead atoms. The third-order valence-electron chi connectivity index (χ3n) is 4.93. The molecule has 5 heteroatoms. The molecule has 0 spiro atoms. The van der Waals surface area contributed by atoms with Crippen molar-refractivity contribution in [2.24, 2.45) is 11.8 Å². The fourth-order valence-corrected chi connectivity index (χ4v) is 3.83. The minimum absolute atomic E-state index is 0.117. The summed E-state index contributed by atoms with van der Waals surface area (Å²) in [4.78, 5) is 0. The molecule has 1 aliphatic rings. The van der Waals surface area contributed by atoms with Crippen molar-refractivity contribution in [3.63, 3.8) is 0 Å². The van der Waals surface area contributed by atoms with Gasteiger partial charge in [-0.05, 0) is 38.7 Å². The molecule has 0 aromatic carbocycles. The molecular weight excluding hydrogens is 264 g/mol. The van der Waals surface area contributed by atoms with E-state index in [1.807, 2.05) is 14.0 Å². The van der Waals surface area contributed by atoms with Crippen molar-refractivity contribution in [1.29, 1.82) is 0 Å².